The Morgan fingerprint density at radius 2 is 1.83 bits per heavy atom. The fraction of sp³-hybridized carbons (Fsp3) is 0.583. The van der Waals surface area contributed by atoms with Gasteiger partial charge in [0.1, 0.15) is 0 Å². The number of carbonyl (C=O) groups excluding carboxylic acids is 2. The highest BCUT2D eigenvalue weighted by molar-refractivity contribution is 5.84. The zero-order chi connectivity index (χ0) is 20.9. The van der Waals surface area contributed by atoms with Crippen LogP contribution in [-0.4, -0.2) is 65.4 Å². The second kappa shape index (κ2) is 9.65. The molecule has 2 N–H and O–H groups in total. The van der Waals surface area contributed by atoms with Crippen LogP contribution >= 0.6 is 0 Å². The number of hydrogen-bond acceptors (Lipinski definition) is 3. The monoisotopic (exact) mass is 410 g/mol. The molecular weight excluding hydrogens is 376 g/mol. The Kier molecular flexibility index (Phi) is 6.72. The molecule has 0 saturated carbocycles. The SMILES string of the molecule is CC(C(=O)NCCc1c[nH]c2ccccc12)N1CCC(C(=O)N2CCCCC2)CC1. The van der Waals surface area contributed by atoms with Crippen LogP contribution in [0, 0.1) is 5.92 Å². The minimum Gasteiger partial charge on any atom is -0.361 e. The summed E-state index contributed by atoms with van der Waals surface area (Å²) in [4.78, 5) is 33.0. The lowest BCUT2D eigenvalue weighted by Crippen LogP contribution is -2.50. The third kappa shape index (κ3) is 4.69. The second-order valence-electron chi connectivity index (χ2n) is 8.77. The maximum atomic E-state index is 12.7. The first-order chi connectivity index (χ1) is 14.6. The first kappa shape index (κ1) is 20.9. The molecule has 2 aliphatic heterocycles. The number of carbonyl (C=O) groups is 2. The Hall–Kier alpha value is -2.34. The summed E-state index contributed by atoms with van der Waals surface area (Å²) in [7, 11) is 0. The van der Waals surface area contributed by atoms with Gasteiger partial charge in [-0.3, -0.25) is 14.5 Å². The number of rotatable bonds is 6. The van der Waals surface area contributed by atoms with Crippen molar-refractivity contribution in [2.24, 2.45) is 5.92 Å². The third-order valence-electron chi connectivity index (χ3n) is 6.84. The molecule has 6 heteroatoms. The van der Waals surface area contributed by atoms with Crippen molar-refractivity contribution in [3.05, 3.63) is 36.0 Å². The Balaban J connectivity index is 1.21. The fourth-order valence-corrected chi connectivity index (χ4v) is 4.88. The van der Waals surface area contributed by atoms with Gasteiger partial charge in [-0.05, 0) is 70.2 Å². The van der Waals surface area contributed by atoms with Gasteiger partial charge in [-0.2, -0.15) is 0 Å². The maximum absolute atomic E-state index is 12.7. The van der Waals surface area contributed by atoms with Crippen molar-refractivity contribution in [3.63, 3.8) is 0 Å². The largest absolute Gasteiger partial charge is 0.361 e. The van der Waals surface area contributed by atoms with E-state index in [2.05, 4.69) is 32.2 Å². The van der Waals surface area contributed by atoms with E-state index in [-0.39, 0.29) is 17.9 Å². The van der Waals surface area contributed by atoms with Gasteiger partial charge in [0.25, 0.3) is 0 Å². The highest BCUT2D eigenvalue weighted by Crippen LogP contribution is 2.23. The number of fused-ring (bicyclic) bond motifs is 1. The van der Waals surface area contributed by atoms with E-state index in [0.29, 0.717) is 12.5 Å². The van der Waals surface area contributed by atoms with Crippen molar-refractivity contribution < 1.29 is 9.59 Å². The maximum Gasteiger partial charge on any atom is 0.237 e. The van der Waals surface area contributed by atoms with Gasteiger partial charge in [0.15, 0.2) is 0 Å². The van der Waals surface area contributed by atoms with Crippen LogP contribution in [0.1, 0.15) is 44.6 Å². The number of nitrogens with zero attached hydrogens (tertiary/aromatic N) is 2. The highest BCUT2D eigenvalue weighted by atomic mass is 16.2. The first-order valence-electron chi connectivity index (χ1n) is 11.5. The molecule has 162 valence electrons. The van der Waals surface area contributed by atoms with Crippen LogP contribution in [0.3, 0.4) is 0 Å². The molecule has 30 heavy (non-hydrogen) atoms. The van der Waals surface area contributed by atoms with Gasteiger partial charge >= 0.3 is 0 Å². The Morgan fingerprint density at radius 3 is 2.60 bits per heavy atom. The minimum absolute atomic E-state index is 0.0793. The number of aromatic nitrogens is 1. The highest BCUT2D eigenvalue weighted by Gasteiger charge is 2.32. The van der Waals surface area contributed by atoms with Gasteiger partial charge in [-0.1, -0.05) is 18.2 Å². The molecular formula is C24H34N4O2. The molecule has 0 bridgehead atoms. The van der Waals surface area contributed by atoms with Gasteiger partial charge < -0.3 is 15.2 Å². The molecule has 2 aliphatic rings. The number of nitrogens with one attached hydrogen (secondary N) is 2. The van der Waals surface area contributed by atoms with E-state index in [9.17, 15) is 9.59 Å². The van der Waals surface area contributed by atoms with Crippen LogP contribution in [0.2, 0.25) is 0 Å². The van der Waals surface area contributed by atoms with E-state index < -0.39 is 0 Å². The lowest BCUT2D eigenvalue weighted by molar-refractivity contribution is -0.138. The lowest BCUT2D eigenvalue weighted by Gasteiger charge is -2.37. The first-order valence-corrected chi connectivity index (χ1v) is 11.5. The molecule has 2 aromatic rings. The zero-order valence-electron chi connectivity index (χ0n) is 18.0. The fourth-order valence-electron chi connectivity index (χ4n) is 4.88. The molecule has 0 spiro atoms. The summed E-state index contributed by atoms with van der Waals surface area (Å²) >= 11 is 0. The number of H-pyrrole nitrogens is 1. The second-order valence-corrected chi connectivity index (χ2v) is 8.77. The molecule has 2 amide bonds. The van der Waals surface area contributed by atoms with E-state index in [1.54, 1.807) is 0 Å². The molecule has 1 atom stereocenters. The number of amides is 2. The minimum atomic E-state index is -0.154. The summed E-state index contributed by atoms with van der Waals surface area (Å²) in [5.41, 5.74) is 2.37. The number of likely N-dealkylation sites (tertiary alicyclic amines) is 2. The van der Waals surface area contributed by atoms with E-state index in [4.69, 9.17) is 0 Å². The number of para-hydroxylation sites is 1. The summed E-state index contributed by atoms with van der Waals surface area (Å²) in [6, 6.07) is 8.09. The van der Waals surface area contributed by atoms with E-state index in [1.165, 1.54) is 17.4 Å². The van der Waals surface area contributed by atoms with Gasteiger partial charge in [-0.15, -0.1) is 0 Å². The molecule has 1 aromatic heterocycles. The van der Waals surface area contributed by atoms with E-state index >= 15 is 0 Å². The van der Waals surface area contributed by atoms with Crippen LogP contribution in [0.5, 0.6) is 0 Å². The van der Waals surface area contributed by atoms with Crippen molar-refractivity contribution >= 4 is 22.7 Å². The zero-order valence-corrected chi connectivity index (χ0v) is 18.0. The predicted molar refractivity (Wildman–Crippen MR) is 119 cm³/mol. The Labute approximate surface area is 179 Å². The quantitative estimate of drug-likeness (QED) is 0.769. The van der Waals surface area contributed by atoms with Crippen LogP contribution in [0.25, 0.3) is 10.9 Å². The molecule has 1 aromatic carbocycles. The standard InChI is InChI=1S/C24H34N4O2/c1-18(23(29)25-12-9-20-17-26-22-8-4-3-7-21(20)22)27-15-10-19(11-16-27)24(30)28-13-5-2-6-14-28/h3-4,7-8,17-19,26H,2,5-6,9-16H2,1H3,(H,25,29). The molecule has 3 heterocycles. The Morgan fingerprint density at radius 1 is 1.10 bits per heavy atom. The van der Waals surface area contributed by atoms with Crippen molar-refractivity contribution in [1.82, 2.24) is 20.1 Å². The van der Waals surface area contributed by atoms with Crippen LogP contribution in [0.15, 0.2) is 30.5 Å². The molecule has 6 nitrogen and oxygen atoms in total. The molecule has 0 aliphatic carbocycles. The predicted octanol–water partition coefficient (Wildman–Crippen LogP) is 2.94. The summed E-state index contributed by atoms with van der Waals surface area (Å²) in [5, 5.41) is 4.32. The average Bonchev–Trinajstić information content (AvgIpc) is 3.22. The van der Waals surface area contributed by atoms with Crippen molar-refractivity contribution in [3.8, 4) is 0 Å². The molecule has 2 fully saturated rings. The van der Waals surface area contributed by atoms with Crippen LogP contribution < -0.4 is 5.32 Å². The lowest BCUT2D eigenvalue weighted by atomic mass is 9.93. The summed E-state index contributed by atoms with van der Waals surface area (Å²) in [5.74, 6) is 0.553. The van der Waals surface area contributed by atoms with Gasteiger partial charge in [-0.25, -0.2) is 0 Å². The Bertz CT molecular complexity index is 863. The van der Waals surface area contributed by atoms with Gasteiger partial charge in [0.05, 0.1) is 6.04 Å². The average molecular weight is 411 g/mol. The van der Waals surface area contributed by atoms with Crippen LogP contribution in [0.4, 0.5) is 0 Å². The molecule has 0 radical (unpaired) electrons. The number of hydrogen-bond donors (Lipinski definition) is 2. The van der Waals surface area contributed by atoms with Crippen molar-refractivity contribution in [2.45, 2.75) is 51.5 Å². The molecule has 1 unspecified atom stereocenters. The van der Waals surface area contributed by atoms with Crippen molar-refractivity contribution in [2.75, 3.05) is 32.7 Å². The summed E-state index contributed by atoms with van der Waals surface area (Å²) in [6.07, 6.45) is 8.10. The number of piperidine rings is 2. The van der Waals surface area contributed by atoms with Gasteiger partial charge in [0, 0.05) is 42.7 Å². The van der Waals surface area contributed by atoms with E-state index in [1.807, 2.05) is 25.3 Å². The van der Waals surface area contributed by atoms with Crippen molar-refractivity contribution in [1.29, 1.82) is 0 Å². The number of benzene rings is 1. The summed E-state index contributed by atoms with van der Waals surface area (Å²) < 4.78 is 0. The van der Waals surface area contributed by atoms with Crippen LogP contribution in [-0.2, 0) is 16.0 Å². The molecule has 2 saturated heterocycles. The third-order valence-corrected chi connectivity index (χ3v) is 6.84. The molecule has 4 rings (SSSR count). The normalized spacial score (nSPS) is 19.7. The van der Waals surface area contributed by atoms with E-state index in [0.717, 1.165) is 63.8 Å². The van der Waals surface area contributed by atoms with Gasteiger partial charge in [0.2, 0.25) is 11.8 Å². The smallest absolute Gasteiger partial charge is 0.237 e. The topological polar surface area (TPSA) is 68.4 Å². The number of aromatic amines is 1. The summed E-state index contributed by atoms with van der Waals surface area (Å²) in [6.45, 7) is 6.11.